The number of carbonyl (C=O) groups excluding carboxylic acids is 1. The summed E-state index contributed by atoms with van der Waals surface area (Å²) in [7, 11) is 0. The highest BCUT2D eigenvalue weighted by Gasteiger charge is 2.11. The first-order valence-corrected chi connectivity index (χ1v) is 6.79. The fourth-order valence-corrected chi connectivity index (χ4v) is 1.75. The fourth-order valence-electron chi connectivity index (χ4n) is 1.57. The van der Waals surface area contributed by atoms with Gasteiger partial charge in [-0.15, -0.1) is 0 Å². The Hall–Kier alpha value is -1.26. The lowest BCUT2D eigenvalue weighted by molar-refractivity contribution is -0.123. The summed E-state index contributed by atoms with van der Waals surface area (Å²) in [6.45, 7) is 5.79. The van der Waals surface area contributed by atoms with Crippen molar-refractivity contribution in [3.63, 3.8) is 0 Å². The van der Waals surface area contributed by atoms with Crippen LogP contribution in [0.1, 0.15) is 38.8 Å². The normalized spacial score (nSPS) is 13.7. The van der Waals surface area contributed by atoms with Crippen molar-refractivity contribution in [2.45, 2.75) is 39.3 Å². The smallest absolute Gasteiger partial charge is 0.258 e. The van der Waals surface area contributed by atoms with Gasteiger partial charge in [0.1, 0.15) is 5.75 Å². The highest BCUT2D eigenvalue weighted by Crippen LogP contribution is 2.27. The third-order valence-electron chi connectivity index (χ3n) is 2.84. The summed E-state index contributed by atoms with van der Waals surface area (Å²) in [6, 6.07) is 5.15. The molecule has 0 aliphatic rings. The molecule has 0 spiro atoms. The summed E-state index contributed by atoms with van der Waals surface area (Å²) < 4.78 is 5.51. The Kier molecular flexibility index (Phi) is 6.12. The maximum absolute atomic E-state index is 11.6. The van der Waals surface area contributed by atoms with E-state index < -0.39 is 0 Å². The first kappa shape index (κ1) is 15.8. The predicted octanol–water partition coefficient (Wildman–Crippen LogP) is 2.65. The molecule has 19 heavy (non-hydrogen) atoms. The van der Waals surface area contributed by atoms with Gasteiger partial charge in [0, 0.05) is 22.7 Å². The Morgan fingerprint density at radius 1 is 1.47 bits per heavy atom. The molecule has 0 saturated heterocycles. The molecule has 1 rings (SSSR count). The monoisotopic (exact) mass is 284 g/mol. The molecule has 106 valence electrons. The number of nitrogens with two attached hydrogens (primary N) is 1. The number of benzene rings is 1. The molecule has 5 heteroatoms. The minimum atomic E-state index is -0.202. The molecule has 0 aliphatic carbocycles. The van der Waals surface area contributed by atoms with Crippen LogP contribution in [0.15, 0.2) is 18.2 Å². The number of carbonyl (C=O) groups is 1. The lowest BCUT2D eigenvalue weighted by Gasteiger charge is -2.15. The summed E-state index contributed by atoms with van der Waals surface area (Å²) >= 11 is 5.92. The summed E-state index contributed by atoms with van der Waals surface area (Å²) in [5.74, 6) is 0.457. The van der Waals surface area contributed by atoms with Gasteiger partial charge in [0.05, 0.1) is 0 Å². The highest BCUT2D eigenvalue weighted by molar-refractivity contribution is 6.30. The molecule has 0 heterocycles. The van der Waals surface area contributed by atoms with Gasteiger partial charge in [-0.2, -0.15) is 0 Å². The second kappa shape index (κ2) is 7.36. The average molecular weight is 285 g/mol. The van der Waals surface area contributed by atoms with Crippen molar-refractivity contribution in [3.05, 3.63) is 28.8 Å². The maximum Gasteiger partial charge on any atom is 0.258 e. The van der Waals surface area contributed by atoms with E-state index in [-0.39, 0.29) is 24.6 Å². The lowest BCUT2D eigenvalue weighted by atomic mass is 10.1. The second-order valence-electron chi connectivity index (χ2n) is 4.64. The molecule has 3 N–H and O–H groups in total. The third-order valence-corrected chi connectivity index (χ3v) is 3.08. The van der Waals surface area contributed by atoms with Gasteiger partial charge in [-0.25, -0.2) is 0 Å². The minimum absolute atomic E-state index is 0.0221. The molecule has 1 aromatic rings. The highest BCUT2D eigenvalue weighted by atomic mass is 35.5. The molecule has 2 atom stereocenters. The largest absolute Gasteiger partial charge is 0.483 e. The van der Waals surface area contributed by atoms with Crippen LogP contribution < -0.4 is 15.8 Å². The summed E-state index contributed by atoms with van der Waals surface area (Å²) in [5, 5.41) is 3.44. The number of rotatable bonds is 6. The predicted molar refractivity (Wildman–Crippen MR) is 77.4 cm³/mol. The second-order valence-corrected chi connectivity index (χ2v) is 5.07. The first-order valence-electron chi connectivity index (χ1n) is 6.41. The van der Waals surface area contributed by atoms with Crippen molar-refractivity contribution >= 4 is 17.5 Å². The van der Waals surface area contributed by atoms with Crippen LogP contribution in [0, 0.1) is 0 Å². The third kappa shape index (κ3) is 5.09. The van der Waals surface area contributed by atoms with Crippen LogP contribution in [0.3, 0.4) is 0 Å². The van der Waals surface area contributed by atoms with Crippen LogP contribution in [0.4, 0.5) is 0 Å². The first-order chi connectivity index (χ1) is 8.93. The standard InChI is InChI=1S/C14H21ClN2O2/c1-4-9(2)17-14(18)8-19-13-6-5-11(15)7-12(13)10(3)16/h5-7,9-10H,4,8,16H2,1-3H3,(H,17,18). The summed E-state index contributed by atoms with van der Waals surface area (Å²) in [5.41, 5.74) is 6.65. The maximum atomic E-state index is 11.6. The van der Waals surface area contributed by atoms with Crippen LogP contribution >= 0.6 is 11.6 Å². The molecular formula is C14H21ClN2O2. The average Bonchev–Trinajstić information content (AvgIpc) is 2.36. The molecule has 0 saturated carbocycles. The van der Waals surface area contributed by atoms with E-state index in [2.05, 4.69) is 5.32 Å². The molecule has 0 fully saturated rings. The van der Waals surface area contributed by atoms with Gasteiger partial charge >= 0.3 is 0 Å². The zero-order chi connectivity index (χ0) is 14.4. The van der Waals surface area contributed by atoms with Gasteiger partial charge in [0.25, 0.3) is 5.91 Å². The number of halogens is 1. The summed E-state index contributed by atoms with van der Waals surface area (Å²) in [6.07, 6.45) is 0.887. The van der Waals surface area contributed by atoms with Crippen LogP contribution in [0.2, 0.25) is 5.02 Å². The molecule has 2 unspecified atom stereocenters. The Bertz CT molecular complexity index is 435. The van der Waals surface area contributed by atoms with Crippen molar-refractivity contribution < 1.29 is 9.53 Å². The van der Waals surface area contributed by atoms with Gasteiger partial charge in [-0.05, 0) is 38.5 Å². The van der Waals surface area contributed by atoms with E-state index in [9.17, 15) is 4.79 Å². The Labute approximate surface area is 119 Å². The number of ether oxygens (including phenoxy) is 1. The van der Waals surface area contributed by atoms with Gasteiger partial charge in [-0.3, -0.25) is 4.79 Å². The Balaban J connectivity index is 2.65. The van der Waals surface area contributed by atoms with Gasteiger partial charge in [0.15, 0.2) is 6.61 Å². The number of amides is 1. The summed E-state index contributed by atoms with van der Waals surface area (Å²) in [4.78, 5) is 11.6. The quantitative estimate of drug-likeness (QED) is 0.844. The van der Waals surface area contributed by atoms with Gasteiger partial charge < -0.3 is 15.8 Å². The molecule has 4 nitrogen and oxygen atoms in total. The van der Waals surface area contributed by atoms with Crippen molar-refractivity contribution in [2.75, 3.05) is 6.61 Å². The molecule has 0 aliphatic heterocycles. The Morgan fingerprint density at radius 3 is 2.74 bits per heavy atom. The number of hydrogen-bond donors (Lipinski definition) is 2. The van der Waals surface area contributed by atoms with Crippen molar-refractivity contribution in [1.29, 1.82) is 0 Å². The minimum Gasteiger partial charge on any atom is -0.483 e. The topological polar surface area (TPSA) is 64.3 Å². The van der Waals surface area contributed by atoms with E-state index in [1.165, 1.54) is 0 Å². The van der Waals surface area contributed by atoms with E-state index >= 15 is 0 Å². The van der Waals surface area contributed by atoms with Crippen molar-refractivity contribution in [1.82, 2.24) is 5.32 Å². The van der Waals surface area contributed by atoms with E-state index in [4.69, 9.17) is 22.1 Å². The van der Waals surface area contributed by atoms with Crippen molar-refractivity contribution in [3.8, 4) is 5.75 Å². The number of nitrogens with one attached hydrogen (secondary N) is 1. The number of hydrogen-bond acceptors (Lipinski definition) is 3. The fraction of sp³-hybridized carbons (Fsp3) is 0.500. The van der Waals surface area contributed by atoms with Crippen LogP contribution in [0.25, 0.3) is 0 Å². The van der Waals surface area contributed by atoms with Crippen LogP contribution in [0.5, 0.6) is 5.75 Å². The van der Waals surface area contributed by atoms with E-state index in [0.717, 1.165) is 12.0 Å². The Morgan fingerprint density at radius 2 is 2.16 bits per heavy atom. The van der Waals surface area contributed by atoms with Crippen molar-refractivity contribution in [2.24, 2.45) is 5.73 Å². The lowest BCUT2D eigenvalue weighted by Crippen LogP contribution is -2.35. The van der Waals surface area contributed by atoms with E-state index in [1.54, 1.807) is 18.2 Å². The van der Waals surface area contributed by atoms with Gasteiger partial charge in [0.2, 0.25) is 0 Å². The molecule has 1 amide bonds. The van der Waals surface area contributed by atoms with E-state index in [0.29, 0.717) is 10.8 Å². The van der Waals surface area contributed by atoms with E-state index in [1.807, 2.05) is 20.8 Å². The van der Waals surface area contributed by atoms with Crippen LogP contribution in [-0.2, 0) is 4.79 Å². The van der Waals surface area contributed by atoms with Gasteiger partial charge in [-0.1, -0.05) is 18.5 Å². The molecular weight excluding hydrogens is 264 g/mol. The molecule has 1 aromatic carbocycles. The molecule has 0 bridgehead atoms. The zero-order valence-electron chi connectivity index (χ0n) is 11.6. The molecule has 0 aromatic heterocycles. The SMILES string of the molecule is CCC(C)NC(=O)COc1ccc(Cl)cc1C(C)N. The zero-order valence-corrected chi connectivity index (χ0v) is 12.3. The van der Waals surface area contributed by atoms with Crippen LogP contribution in [-0.4, -0.2) is 18.6 Å². The molecule has 0 radical (unpaired) electrons.